The van der Waals surface area contributed by atoms with Crippen molar-refractivity contribution in [3.8, 4) is 5.75 Å². The van der Waals surface area contributed by atoms with E-state index in [0.717, 1.165) is 31.7 Å². The van der Waals surface area contributed by atoms with E-state index in [9.17, 15) is 4.79 Å². The average molecular weight is 363 g/mol. The number of fused-ring (bicyclic) bond motifs is 2. The molecule has 1 heterocycles. The Balaban J connectivity index is 1.24. The maximum atomic E-state index is 10.9. The van der Waals surface area contributed by atoms with Crippen LogP contribution in [0.2, 0.25) is 0 Å². The minimum Gasteiger partial charge on any atom is -0.489 e. The summed E-state index contributed by atoms with van der Waals surface area (Å²) in [5.41, 5.74) is 7.33. The van der Waals surface area contributed by atoms with Crippen molar-refractivity contribution in [3.63, 3.8) is 0 Å². The Morgan fingerprint density at radius 1 is 1.07 bits per heavy atom. The first-order valence-electron chi connectivity index (χ1n) is 9.89. The lowest BCUT2D eigenvalue weighted by molar-refractivity contribution is -0.141. The van der Waals surface area contributed by atoms with Crippen molar-refractivity contribution in [1.29, 1.82) is 0 Å². The highest BCUT2D eigenvalue weighted by atomic mass is 16.5. The number of benzene rings is 2. The van der Waals surface area contributed by atoms with Gasteiger partial charge < -0.3 is 9.84 Å². The summed E-state index contributed by atoms with van der Waals surface area (Å²) in [4.78, 5) is 12.9. The third-order valence-electron chi connectivity index (χ3n) is 6.42. The highest BCUT2D eigenvalue weighted by Crippen LogP contribution is 2.44. The zero-order valence-electron chi connectivity index (χ0n) is 15.5. The lowest BCUT2D eigenvalue weighted by atomic mass is 9.77. The van der Waals surface area contributed by atoms with Gasteiger partial charge in [0, 0.05) is 18.5 Å². The van der Waals surface area contributed by atoms with Gasteiger partial charge >= 0.3 is 5.97 Å². The molecule has 0 atom stereocenters. The van der Waals surface area contributed by atoms with E-state index in [0.29, 0.717) is 6.61 Å². The molecule has 0 unspecified atom stereocenters. The van der Waals surface area contributed by atoms with E-state index >= 15 is 0 Å². The Bertz CT molecular complexity index is 898. The van der Waals surface area contributed by atoms with Crippen LogP contribution in [0.1, 0.15) is 34.2 Å². The molecule has 140 valence electrons. The van der Waals surface area contributed by atoms with Crippen LogP contribution in [0.25, 0.3) is 0 Å². The summed E-state index contributed by atoms with van der Waals surface area (Å²) in [6.07, 6.45) is 5.73. The third-order valence-corrected chi connectivity index (χ3v) is 6.42. The molecular weight excluding hydrogens is 338 g/mol. The van der Waals surface area contributed by atoms with Crippen LogP contribution in [-0.4, -0.2) is 35.6 Å². The molecule has 3 aliphatic rings. The molecule has 1 saturated heterocycles. The number of hydrogen-bond donors (Lipinski definition) is 1. The number of carboxylic acid groups (broad SMARTS) is 1. The monoisotopic (exact) mass is 363 g/mol. The molecule has 4 nitrogen and oxygen atoms in total. The minimum absolute atomic E-state index is 0.161. The summed E-state index contributed by atoms with van der Waals surface area (Å²) in [6, 6.07) is 13.1. The highest BCUT2D eigenvalue weighted by molar-refractivity contribution is 5.69. The highest BCUT2D eigenvalue weighted by Gasteiger charge is 2.47. The fourth-order valence-electron chi connectivity index (χ4n) is 5.32. The van der Waals surface area contributed by atoms with E-state index in [-0.39, 0.29) is 12.0 Å². The number of nitrogens with zero attached hydrogens (tertiary/aromatic N) is 1. The molecule has 1 aliphatic heterocycles. The van der Waals surface area contributed by atoms with Gasteiger partial charge in [0.2, 0.25) is 0 Å². The third kappa shape index (κ3) is 3.12. The number of carboxylic acids is 1. The van der Waals surface area contributed by atoms with Gasteiger partial charge in [-0.25, -0.2) is 0 Å². The summed E-state index contributed by atoms with van der Waals surface area (Å²) >= 11 is 0. The van der Waals surface area contributed by atoms with Gasteiger partial charge in [0.25, 0.3) is 0 Å². The normalized spacial score (nSPS) is 19.6. The SMILES string of the molecule is O=C(O)CN1CC2(Cc3ccc(OCc4cccc5c4CCC5)cc3C2)C1. The molecular formula is C23H25NO3. The molecule has 2 aliphatic carbocycles. The molecule has 5 rings (SSSR count). The van der Waals surface area contributed by atoms with E-state index in [4.69, 9.17) is 9.84 Å². The van der Waals surface area contributed by atoms with Crippen LogP contribution in [0.5, 0.6) is 5.75 Å². The molecule has 0 radical (unpaired) electrons. The minimum atomic E-state index is -0.733. The summed E-state index contributed by atoms with van der Waals surface area (Å²) in [6.45, 7) is 2.58. The van der Waals surface area contributed by atoms with Crippen molar-refractivity contribution >= 4 is 5.97 Å². The Kier molecular flexibility index (Phi) is 3.97. The van der Waals surface area contributed by atoms with E-state index in [1.54, 1.807) is 0 Å². The summed E-state index contributed by atoms with van der Waals surface area (Å²) < 4.78 is 6.15. The predicted molar refractivity (Wildman–Crippen MR) is 103 cm³/mol. The molecule has 1 spiro atoms. The summed E-state index contributed by atoms with van der Waals surface area (Å²) in [5, 5.41) is 8.94. The fraction of sp³-hybridized carbons (Fsp3) is 0.435. The number of carbonyl (C=O) groups is 1. The van der Waals surface area contributed by atoms with Crippen molar-refractivity contribution in [2.45, 2.75) is 38.7 Å². The predicted octanol–water partition coefficient (Wildman–Crippen LogP) is 3.24. The number of rotatable bonds is 5. The van der Waals surface area contributed by atoms with Gasteiger partial charge in [-0.15, -0.1) is 0 Å². The first-order valence-corrected chi connectivity index (χ1v) is 9.89. The second kappa shape index (κ2) is 6.38. The van der Waals surface area contributed by atoms with E-state index in [2.05, 4.69) is 36.4 Å². The second-order valence-electron chi connectivity index (χ2n) is 8.52. The van der Waals surface area contributed by atoms with E-state index in [1.807, 2.05) is 4.90 Å². The lowest BCUT2D eigenvalue weighted by Crippen LogP contribution is -2.58. The Hall–Kier alpha value is -2.33. The number of hydrogen-bond acceptors (Lipinski definition) is 3. The number of ether oxygens (including phenoxy) is 1. The van der Waals surface area contributed by atoms with Crippen LogP contribution in [0.15, 0.2) is 36.4 Å². The molecule has 0 aromatic heterocycles. The van der Waals surface area contributed by atoms with Crippen molar-refractivity contribution in [1.82, 2.24) is 4.90 Å². The Labute approximate surface area is 159 Å². The van der Waals surface area contributed by atoms with Gasteiger partial charge in [0.05, 0.1) is 6.54 Å². The largest absolute Gasteiger partial charge is 0.489 e. The maximum absolute atomic E-state index is 10.9. The first-order chi connectivity index (χ1) is 13.1. The molecule has 2 aromatic carbocycles. The fourth-order valence-corrected chi connectivity index (χ4v) is 5.32. The molecule has 27 heavy (non-hydrogen) atoms. The molecule has 0 bridgehead atoms. The van der Waals surface area contributed by atoms with Crippen molar-refractivity contribution in [2.75, 3.05) is 19.6 Å². The first kappa shape index (κ1) is 16.8. The van der Waals surface area contributed by atoms with Crippen LogP contribution >= 0.6 is 0 Å². The molecule has 2 aromatic rings. The zero-order chi connectivity index (χ0) is 18.4. The Morgan fingerprint density at radius 3 is 2.78 bits per heavy atom. The van der Waals surface area contributed by atoms with Crippen LogP contribution in [0, 0.1) is 5.41 Å². The lowest BCUT2D eigenvalue weighted by Gasteiger charge is -2.47. The van der Waals surface area contributed by atoms with Gasteiger partial charge in [-0.2, -0.15) is 0 Å². The maximum Gasteiger partial charge on any atom is 0.317 e. The van der Waals surface area contributed by atoms with Crippen LogP contribution in [0.3, 0.4) is 0 Å². The van der Waals surface area contributed by atoms with Gasteiger partial charge in [0.1, 0.15) is 12.4 Å². The molecule has 4 heteroatoms. The molecule has 1 fully saturated rings. The average Bonchev–Trinajstić information content (AvgIpc) is 3.23. The van der Waals surface area contributed by atoms with Crippen LogP contribution in [0.4, 0.5) is 0 Å². The topological polar surface area (TPSA) is 49.8 Å². The second-order valence-corrected chi connectivity index (χ2v) is 8.52. The summed E-state index contributed by atoms with van der Waals surface area (Å²) in [7, 11) is 0. The van der Waals surface area contributed by atoms with Crippen molar-refractivity contribution in [3.05, 3.63) is 64.2 Å². The van der Waals surface area contributed by atoms with E-state index in [1.165, 1.54) is 47.1 Å². The van der Waals surface area contributed by atoms with Gasteiger partial charge in [-0.05, 0) is 72.1 Å². The molecule has 1 N–H and O–H groups in total. The number of aliphatic carboxylic acids is 1. The van der Waals surface area contributed by atoms with Crippen LogP contribution in [-0.2, 0) is 37.1 Å². The van der Waals surface area contributed by atoms with Gasteiger partial charge in [0.15, 0.2) is 0 Å². The summed E-state index contributed by atoms with van der Waals surface area (Å²) in [5.74, 6) is 0.214. The Morgan fingerprint density at radius 2 is 1.93 bits per heavy atom. The zero-order valence-corrected chi connectivity index (χ0v) is 15.5. The smallest absolute Gasteiger partial charge is 0.317 e. The van der Waals surface area contributed by atoms with E-state index < -0.39 is 5.97 Å². The standard InChI is InChI=1S/C23H25NO3/c25-22(26)12-24-14-23(15-24)10-17-7-8-20(9-19(17)11-23)27-13-18-5-1-3-16-4-2-6-21(16)18/h1,3,5,7-9H,2,4,6,10-15H2,(H,25,26). The number of likely N-dealkylation sites (tertiary alicyclic amines) is 1. The van der Waals surface area contributed by atoms with Gasteiger partial charge in [-0.1, -0.05) is 24.3 Å². The quantitative estimate of drug-likeness (QED) is 0.886. The van der Waals surface area contributed by atoms with Gasteiger partial charge in [-0.3, -0.25) is 9.69 Å². The van der Waals surface area contributed by atoms with Crippen molar-refractivity contribution < 1.29 is 14.6 Å². The van der Waals surface area contributed by atoms with Crippen LogP contribution < -0.4 is 4.74 Å². The van der Waals surface area contributed by atoms with Crippen molar-refractivity contribution in [2.24, 2.45) is 5.41 Å². The molecule has 0 saturated carbocycles. The number of aryl methyl sites for hydroxylation is 1. The molecule has 0 amide bonds.